The number of carbonyl (C=O) groups excluding carboxylic acids is 2. The minimum Gasteiger partial charge on any atom is -0.355 e. The molecule has 0 aromatic heterocycles. The number of aryl methyl sites for hydroxylation is 1. The molecular formula is C22H26N2O2. The maximum absolute atomic E-state index is 12.2. The largest absolute Gasteiger partial charge is 0.355 e. The first-order chi connectivity index (χ1) is 12.6. The van der Waals surface area contributed by atoms with Gasteiger partial charge in [-0.2, -0.15) is 0 Å². The molecule has 2 N–H and O–H groups in total. The molecule has 2 aromatic rings. The highest BCUT2D eigenvalue weighted by Gasteiger charge is 2.38. The van der Waals surface area contributed by atoms with E-state index in [2.05, 4.69) is 34.9 Å². The van der Waals surface area contributed by atoms with E-state index in [0.29, 0.717) is 25.1 Å². The molecule has 0 spiro atoms. The van der Waals surface area contributed by atoms with Gasteiger partial charge < -0.3 is 10.6 Å². The summed E-state index contributed by atoms with van der Waals surface area (Å²) in [5.41, 5.74) is 3.06. The van der Waals surface area contributed by atoms with Crippen molar-refractivity contribution in [2.24, 2.45) is 0 Å². The Bertz CT molecular complexity index is 767. The molecule has 26 heavy (non-hydrogen) atoms. The van der Waals surface area contributed by atoms with Gasteiger partial charge in [-0.15, -0.1) is 0 Å². The van der Waals surface area contributed by atoms with Crippen LogP contribution in [0.2, 0.25) is 0 Å². The minimum atomic E-state index is -0.138. The summed E-state index contributed by atoms with van der Waals surface area (Å²) in [6, 6.07) is 17.9. The quantitative estimate of drug-likeness (QED) is 0.804. The highest BCUT2D eigenvalue weighted by molar-refractivity contribution is 5.94. The van der Waals surface area contributed by atoms with Gasteiger partial charge in [-0.3, -0.25) is 9.59 Å². The van der Waals surface area contributed by atoms with Gasteiger partial charge in [0, 0.05) is 30.5 Å². The van der Waals surface area contributed by atoms with E-state index >= 15 is 0 Å². The van der Waals surface area contributed by atoms with E-state index in [1.54, 1.807) is 6.07 Å². The smallest absolute Gasteiger partial charge is 0.251 e. The molecular weight excluding hydrogens is 324 g/mol. The maximum atomic E-state index is 12.2. The van der Waals surface area contributed by atoms with Crippen LogP contribution in [0.3, 0.4) is 0 Å². The van der Waals surface area contributed by atoms with Crippen molar-refractivity contribution in [2.75, 3.05) is 13.1 Å². The van der Waals surface area contributed by atoms with Crippen LogP contribution in [0.15, 0.2) is 54.6 Å². The summed E-state index contributed by atoms with van der Waals surface area (Å²) >= 11 is 0. The number of rotatable bonds is 7. The first-order valence-corrected chi connectivity index (χ1v) is 9.26. The number of nitrogens with one attached hydrogen (secondary N) is 2. The summed E-state index contributed by atoms with van der Waals surface area (Å²) in [4.78, 5) is 24.3. The van der Waals surface area contributed by atoms with Gasteiger partial charge in [-0.25, -0.2) is 0 Å². The Hall–Kier alpha value is -2.62. The second-order valence-corrected chi connectivity index (χ2v) is 7.15. The van der Waals surface area contributed by atoms with Crippen LogP contribution in [0.5, 0.6) is 0 Å². The van der Waals surface area contributed by atoms with Crippen molar-refractivity contribution in [3.8, 4) is 0 Å². The fraction of sp³-hybridized carbons (Fsp3) is 0.364. The molecule has 1 saturated carbocycles. The molecule has 0 unspecified atom stereocenters. The van der Waals surface area contributed by atoms with E-state index in [-0.39, 0.29) is 17.2 Å². The molecule has 136 valence electrons. The Morgan fingerprint density at radius 2 is 1.77 bits per heavy atom. The Balaban J connectivity index is 1.44. The van der Waals surface area contributed by atoms with Gasteiger partial charge in [-0.05, 0) is 37.5 Å². The first-order valence-electron chi connectivity index (χ1n) is 9.26. The van der Waals surface area contributed by atoms with Crippen LogP contribution in [0.4, 0.5) is 0 Å². The van der Waals surface area contributed by atoms with Crippen molar-refractivity contribution in [3.05, 3.63) is 71.3 Å². The zero-order chi connectivity index (χ0) is 18.4. The van der Waals surface area contributed by atoms with E-state index < -0.39 is 0 Å². The third kappa shape index (κ3) is 4.31. The molecule has 1 aliphatic rings. The summed E-state index contributed by atoms with van der Waals surface area (Å²) in [6.45, 7) is 2.96. The van der Waals surface area contributed by atoms with Crippen molar-refractivity contribution in [1.82, 2.24) is 10.6 Å². The predicted molar refractivity (Wildman–Crippen MR) is 103 cm³/mol. The lowest BCUT2D eigenvalue weighted by atomic mass is 9.64. The number of amides is 2. The first kappa shape index (κ1) is 18.2. The minimum absolute atomic E-state index is 0.0169. The molecule has 2 amide bonds. The van der Waals surface area contributed by atoms with Crippen LogP contribution in [-0.2, 0) is 10.2 Å². The van der Waals surface area contributed by atoms with E-state index in [4.69, 9.17) is 0 Å². The van der Waals surface area contributed by atoms with E-state index in [0.717, 1.165) is 18.4 Å². The van der Waals surface area contributed by atoms with Crippen LogP contribution in [-0.4, -0.2) is 24.9 Å². The second kappa shape index (κ2) is 8.17. The van der Waals surface area contributed by atoms with Crippen molar-refractivity contribution in [2.45, 2.75) is 38.0 Å². The van der Waals surface area contributed by atoms with Gasteiger partial charge in [-0.1, -0.05) is 54.4 Å². The zero-order valence-corrected chi connectivity index (χ0v) is 15.3. The molecule has 0 radical (unpaired) electrons. The summed E-state index contributed by atoms with van der Waals surface area (Å²) in [5.74, 6) is -0.155. The summed E-state index contributed by atoms with van der Waals surface area (Å²) in [6.07, 6.45) is 3.72. The molecule has 2 aromatic carbocycles. The van der Waals surface area contributed by atoms with Gasteiger partial charge in [0.15, 0.2) is 0 Å². The SMILES string of the molecule is Cc1cccc(C(=O)NCCC(=O)NCC2(c3ccccc3)CCC2)c1. The van der Waals surface area contributed by atoms with Crippen LogP contribution >= 0.6 is 0 Å². The van der Waals surface area contributed by atoms with Crippen LogP contribution < -0.4 is 10.6 Å². The molecule has 0 aliphatic heterocycles. The lowest BCUT2D eigenvalue weighted by Crippen LogP contribution is -2.46. The molecule has 0 bridgehead atoms. The Morgan fingerprint density at radius 3 is 2.42 bits per heavy atom. The highest BCUT2D eigenvalue weighted by atomic mass is 16.2. The molecule has 0 atom stereocenters. The predicted octanol–water partition coefficient (Wildman–Crippen LogP) is 3.35. The fourth-order valence-electron chi connectivity index (χ4n) is 3.50. The standard InChI is InChI=1S/C22H26N2O2/c1-17-7-5-8-18(15-17)21(26)23-14-11-20(25)24-16-22(12-6-13-22)19-9-3-2-4-10-19/h2-5,7-10,15H,6,11-14,16H2,1H3,(H,23,26)(H,24,25). The fourth-order valence-corrected chi connectivity index (χ4v) is 3.50. The van der Waals surface area contributed by atoms with Gasteiger partial charge in [0.05, 0.1) is 0 Å². The van der Waals surface area contributed by atoms with Gasteiger partial charge in [0.1, 0.15) is 0 Å². The molecule has 4 nitrogen and oxygen atoms in total. The molecule has 1 fully saturated rings. The second-order valence-electron chi connectivity index (χ2n) is 7.15. The Morgan fingerprint density at radius 1 is 1.00 bits per heavy atom. The molecule has 4 heteroatoms. The van der Waals surface area contributed by atoms with Gasteiger partial charge >= 0.3 is 0 Å². The van der Waals surface area contributed by atoms with Crippen molar-refractivity contribution in [3.63, 3.8) is 0 Å². The number of benzene rings is 2. The van der Waals surface area contributed by atoms with E-state index in [1.807, 2.05) is 31.2 Å². The average Bonchev–Trinajstić information content (AvgIpc) is 2.61. The third-order valence-corrected chi connectivity index (χ3v) is 5.24. The number of carbonyl (C=O) groups is 2. The zero-order valence-electron chi connectivity index (χ0n) is 15.3. The van der Waals surface area contributed by atoms with E-state index in [1.165, 1.54) is 12.0 Å². The number of hydrogen-bond donors (Lipinski definition) is 2. The Labute approximate surface area is 155 Å². The van der Waals surface area contributed by atoms with Crippen LogP contribution in [0.25, 0.3) is 0 Å². The van der Waals surface area contributed by atoms with Crippen molar-refractivity contribution >= 4 is 11.8 Å². The summed E-state index contributed by atoms with van der Waals surface area (Å²) in [7, 11) is 0. The van der Waals surface area contributed by atoms with Crippen molar-refractivity contribution in [1.29, 1.82) is 0 Å². The molecule has 3 rings (SSSR count). The van der Waals surface area contributed by atoms with Gasteiger partial charge in [0.25, 0.3) is 5.91 Å². The third-order valence-electron chi connectivity index (χ3n) is 5.24. The topological polar surface area (TPSA) is 58.2 Å². The van der Waals surface area contributed by atoms with Crippen LogP contribution in [0.1, 0.15) is 47.2 Å². The van der Waals surface area contributed by atoms with Crippen molar-refractivity contribution < 1.29 is 9.59 Å². The monoisotopic (exact) mass is 350 g/mol. The maximum Gasteiger partial charge on any atom is 0.251 e. The van der Waals surface area contributed by atoms with Gasteiger partial charge in [0.2, 0.25) is 5.91 Å². The molecule has 0 saturated heterocycles. The highest BCUT2D eigenvalue weighted by Crippen LogP contribution is 2.43. The lowest BCUT2D eigenvalue weighted by Gasteiger charge is -2.42. The van der Waals surface area contributed by atoms with Crippen LogP contribution in [0, 0.1) is 6.92 Å². The lowest BCUT2D eigenvalue weighted by molar-refractivity contribution is -0.121. The molecule has 1 aliphatic carbocycles. The average molecular weight is 350 g/mol. The number of hydrogen-bond acceptors (Lipinski definition) is 2. The normalized spacial score (nSPS) is 15.0. The van der Waals surface area contributed by atoms with E-state index in [9.17, 15) is 9.59 Å². The molecule has 0 heterocycles. The summed E-state index contributed by atoms with van der Waals surface area (Å²) < 4.78 is 0. The Kier molecular flexibility index (Phi) is 5.71. The summed E-state index contributed by atoms with van der Waals surface area (Å²) in [5, 5.41) is 5.87.